The summed E-state index contributed by atoms with van der Waals surface area (Å²) in [6.45, 7) is 1.02. The quantitative estimate of drug-likeness (QED) is 0.884. The van der Waals surface area contributed by atoms with Crippen molar-refractivity contribution >= 4 is 22.6 Å². The van der Waals surface area contributed by atoms with Crippen LogP contribution in [0.5, 0.6) is 0 Å². The zero-order valence-electron chi connectivity index (χ0n) is 11.2. The van der Waals surface area contributed by atoms with Gasteiger partial charge in [0, 0.05) is 10.9 Å². The molecule has 1 aromatic carbocycles. The van der Waals surface area contributed by atoms with Gasteiger partial charge in [-0.2, -0.15) is 0 Å². The molecule has 1 atom stereocenters. The molecule has 1 fully saturated rings. The highest BCUT2D eigenvalue weighted by molar-refractivity contribution is 8.15. The van der Waals surface area contributed by atoms with E-state index >= 15 is 0 Å². The topological polar surface area (TPSA) is 24.4 Å². The molecule has 1 unspecified atom stereocenters. The summed E-state index contributed by atoms with van der Waals surface area (Å²) in [4.78, 5) is 4.69. The van der Waals surface area contributed by atoms with Crippen molar-refractivity contribution in [2.45, 2.75) is 43.8 Å². The second-order valence-corrected chi connectivity index (χ2v) is 7.14. The molecule has 1 heterocycles. The van der Waals surface area contributed by atoms with Gasteiger partial charge in [0.25, 0.3) is 0 Å². The molecule has 1 N–H and O–H groups in total. The van der Waals surface area contributed by atoms with Crippen LogP contribution in [0, 0.1) is 5.92 Å². The Kier molecular flexibility index (Phi) is 3.03. The first kappa shape index (κ1) is 11.8. The van der Waals surface area contributed by atoms with E-state index in [0.717, 1.165) is 22.9 Å². The number of rotatable bonds is 2. The fourth-order valence-electron chi connectivity index (χ4n) is 3.19. The molecule has 2 nitrogen and oxygen atoms in total. The first-order chi connectivity index (χ1) is 9.40. The number of fused-ring (bicyclic) bond motifs is 1. The number of amidine groups is 1. The third-order valence-electron chi connectivity index (χ3n) is 4.46. The molecule has 0 saturated heterocycles. The number of nitrogens with one attached hydrogen (secondary N) is 1. The van der Waals surface area contributed by atoms with Crippen LogP contribution < -0.4 is 5.32 Å². The Morgan fingerprint density at radius 3 is 2.95 bits per heavy atom. The summed E-state index contributed by atoms with van der Waals surface area (Å²) in [6.07, 6.45) is 7.98. The van der Waals surface area contributed by atoms with Crippen molar-refractivity contribution in [3.05, 3.63) is 29.3 Å². The molecule has 4 rings (SSSR count). The summed E-state index contributed by atoms with van der Waals surface area (Å²) in [5, 5.41) is 5.50. The molecule has 0 radical (unpaired) electrons. The zero-order chi connectivity index (χ0) is 12.7. The lowest BCUT2D eigenvalue weighted by Crippen LogP contribution is -2.12. The van der Waals surface area contributed by atoms with Crippen molar-refractivity contribution in [2.75, 3.05) is 11.9 Å². The van der Waals surface area contributed by atoms with Crippen LogP contribution in [0.1, 0.15) is 36.8 Å². The molecular weight excluding hydrogens is 252 g/mol. The molecule has 0 spiro atoms. The highest BCUT2D eigenvalue weighted by atomic mass is 32.2. The second-order valence-electron chi connectivity index (χ2n) is 5.91. The number of anilines is 1. The third kappa shape index (κ3) is 2.40. The predicted molar refractivity (Wildman–Crippen MR) is 83.1 cm³/mol. The maximum absolute atomic E-state index is 4.69. The van der Waals surface area contributed by atoms with E-state index in [1.54, 1.807) is 5.56 Å². The average molecular weight is 272 g/mol. The van der Waals surface area contributed by atoms with Crippen LogP contribution in [0.4, 0.5) is 5.69 Å². The minimum Gasteiger partial charge on any atom is -0.335 e. The third-order valence-corrected chi connectivity index (χ3v) is 5.75. The number of thioether (sulfide) groups is 1. The second kappa shape index (κ2) is 4.86. The van der Waals surface area contributed by atoms with Gasteiger partial charge in [-0.1, -0.05) is 23.9 Å². The maximum Gasteiger partial charge on any atom is 0.161 e. The van der Waals surface area contributed by atoms with Crippen LogP contribution in [0.15, 0.2) is 23.2 Å². The summed E-state index contributed by atoms with van der Waals surface area (Å²) in [5.74, 6) is 0.942. The van der Waals surface area contributed by atoms with Crippen molar-refractivity contribution in [1.82, 2.24) is 0 Å². The Morgan fingerprint density at radius 1 is 1.16 bits per heavy atom. The van der Waals surface area contributed by atoms with E-state index in [2.05, 4.69) is 23.5 Å². The molecule has 3 heteroatoms. The van der Waals surface area contributed by atoms with Gasteiger partial charge in [0.15, 0.2) is 5.17 Å². The van der Waals surface area contributed by atoms with Crippen molar-refractivity contribution < 1.29 is 0 Å². The molecule has 1 aromatic rings. The molecule has 3 aliphatic rings. The van der Waals surface area contributed by atoms with E-state index in [0.29, 0.717) is 0 Å². The van der Waals surface area contributed by atoms with Gasteiger partial charge in [-0.25, -0.2) is 0 Å². The van der Waals surface area contributed by atoms with E-state index in [1.807, 2.05) is 11.8 Å². The van der Waals surface area contributed by atoms with Gasteiger partial charge in [-0.3, -0.25) is 4.99 Å². The van der Waals surface area contributed by atoms with Crippen LogP contribution in [0.3, 0.4) is 0 Å². The van der Waals surface area contributed by atoms with Crippen LogP contribution in [0.25, 0.3) is 0 Å². The molecule has 0 bridgehead atoms. The van der Waals surface area contributed by atoms with Crippen LogP contribution in [0.2, 0.25) is 0 Å². The monoisotopic (exact) mass is 272 g/mol. The number of hydrogen-bond donors (Lipinski definition) is 1. The predicted octanol–water partition coefficient (Wildman–Crippen LogP) is 3.86. The Labute approximate surface area is 119 Å². The average Bonchev–Trinajstić information content (AvgIpc) is 3.20. The molecule has 1 aliphatic heterocycles. The zero-order valence-corrected chi connectivity index (χ0v) is 12.0. The van der Waals surface area contributed by atoms with Gasteiger partial charge in [-0.05, 0) is 61.6 Å². The lowest BCUT2D eigenvalue weighted by atomic mass is 9.90. The number of hydrogen-bond acceptors (Lipinski definition) is 3. The molecular formula is C16H20N2S. The summed E-state index contributed by atoms with van der Waals surface area (Å²) >= 11 is 1.97. The van der Waals surface area contributed by atoms with Gasteiger partial charge < -0.3 is 5.32 Å². The minimum absolute atomic E-state index is 0.752. The Balaban J connectivity index is 1.51. The number of benzene rings is 1. The van der Waals surface area contributed by atoms with Gasteiger partial charge in [0.05, 0.1) is 6.54 Å². The van der Waals surface area contributed by atoms with Crippen LogP contribution >= 0.6 is 11.8 Å². The normalized spacial score (nSPS) is 25.9. The Bertz CT molecular complexity index is 519. The number of nitrogens with zero attached hydrogens (tertiary/aromatic N) is 1. The van der Waals surface area contributed by atoms with Crippen molar-refractivity contribution in [1.29, 1.82) is 0 Å². The lowest BCUT2D eigenvalue weighted by Gasteiger charge is -2.20. The lowest BCUT2D eigenvalue weighted by molar-refractivity contribution is 0.687. The molecule has 0 amide bonds. The van der Waals surface area contributed by atoms with E-state index in [-0.39, 0.29) is 0 Å². The largest absolute Gasteiger partial charge is 0.335 e. The first-order valence-corrected chi connectivity index (χ1v) is 8.37. The van der Waals surface area contributed by atoms with Gasteiger partial charge in [-0.15, -0.1) is 0 Å². The van der Waals surface area contributed by atoms with Gasteiger partial charge >= 0.3 is 0 Å². The highest BCUT2D eigenvalue weighted by Crippen LogP contribution is 2.42. The molecule has 1 saturated carbocycles. The Hall–Kier alpha value is -0.960. The van der Waals surface area contributed by atoms with E-state index < -0.39 is 0 Å². The van der Waals surface area contributed by atoms with Gasteiger partial charge in [0.1, 0.15) is 0 Å². The first-order valence-electron chi connectivity index (χ1n) is 7.49. The smallest absolute Gasteiger partial charge is 0.161 e. The number of aliphatic imine (C=N–C) groups is 1. The minimum atomic E-state index is 0.752. The van der Waals surface area contributed by atoms with Crippen LogP contribution in [-0.2, 0) is 12.8 Å². The van der Waals surface area contributed by atoms with Crippen LogP contribution in [-0.4, -0.2) is 17.0 Å². The molecule has 0 aromatic heterocycles. The van der Waals surface area contributed by atoms with Gasteiger partial charge in [0.2, 0.25) is 0 Å². The summed E-state index contributed by atoms with van der Waals surface area (Å²) < 4.78 is 0. The maximum atomic E-state index is 4.69. The summed E-state index contributed by atoms with van der Waals surface area (Å²) in [7, 11) is 0. The van der Waals surface area contributed by atoms with Crippen molar-refractivity contribution in [3.63, 3.8) is 0 Å². The summed E-state index contributed by atoms with van der Waals surface area (Å²) in [6, 6.07) is 6.69. The number of aryl methyl sites for hydroxylation is 1. The Morgan fingerprint density at radius 2 is 2.05 bits per heavy atom. The standard InChI is InChI=1S/C16H20N2S/c1-2-6-13-11(4-1)5-3-7-14(13)18-16-17-10-15(19-16)12-8-9-12/h3,5,7,12,15H,1-2,4,6,8-10H2,(H,17,18). The fourth-order valence-corrected chi connectivity index (χ4v) is 4.41. The highest BCUT2D eigenvalue weighted by Gasteiger charge is 2.35. The molecule has 2 aliphatic carbocycles. The summed E-state index contributed by atoms with van der Waals surface area (Å²) in [5.41, 5.74) is 4.38. The SMILES string of the molecule is c1cc2c(c(NC3=NCC(C4CC4)S3)c1)CCCC2. The van der Waals surface area contributed by atoms with Crippen molar-refractivity contribution in [3.8, 4) is 0 Å². The fraction of sp³-hybridized carbons (Fsp3) is 0.562. The van der Waals surface area contributed by atoms with E-state index in [1.165, 1.54) is 49.8 Å². The molecule has 100 valence electrons. The molecule has 19 heavy (non-hydrogen) atoms. The van der Waals surface area contributed by atoms with E-state index in [4.69, 9.17) is 4.99 Å². The van der Waals surface area contributed by atoms with Crippen molar-refractivity contribution in [2.24, 2.45) is 10.9 Å². The van der Waals surface area contributed by atoms with E-state index in [9.17, 15) is 0 Å².